The van der Waals surface area contributed by atoms with E-state index in [1.54, 1.807) is 6.92 Å². The molecule has 0 aliphatic heterocycles. The Morgan fingerprint density at radius 3 is 2.15 bits per heavy atom. The third-order valence-corrected chi connectivity index (χ3v) is 3.84. The van der Waals surface area contributed by atoms with Crippen LogP contribution in [0.2, 0.25) is 0 Å². The van der Waals surface area contributed by atoms with Crippen LogP contribution in [0, 0.1) is 0 Å². The first-order chi connectivity index (χ1) is 5.87. The molecule has 0 aromatic heterocycles. The molecule has 1 unspecified atom stereocenters. The first-order valence-corrected chi connectivity index (χ1v) is 6.07. The van der Waals surface area contributed by atoms with Gasteiger partial charge in [0.1, 0.15) is 4.87 Å². The molecule has 0 radical (unpaired) electrons. The maximum atomic E-state index is 10.9. The number of hydrogen-bond acceptors (Lipinski definition) is 3. The van der Waals surface area contributed by atoms with Crippen LogP contribution >= 0.6 is 0 Å². The molecule has 0 aromatic rings. The first-order valence-electron chi connectivity index (χ1n) is 4.63. The van der Waals surface area contributed by atoms with Gasteiger partial charge in [0.2, 0.25) is 0 Å². The van der Waals surface area contributed by atoms with E-state index in [0.717, 1.165) is 19.3 Å². The topological polar surface area (TPSA) is 80.4 Å². The number of unbranched alkanes of at least 4 members (excludes halogenated alkanes) is 2. The number of nitrogens with two attached hydrogens (primary N) is 1. The largest absolute Gasteiger partial charge is 0.311 e. The van der Waals surface area contributed by atoms with Crippen LogP contribution < -0.4 is 5.73 Å². The fourth-order valence-corrected chi connectivity index (χ4v) is 1.93. The highest BCUT2D eigenvalue weighted by Gasteiger charge is 2.35. The van der Waals surface area contributed by atoms with Crippen LogP contribution in [0.3, 0.4) is 0 Å². The van der Waals surface area contributed by atoms with Gasteiger partial charge >= 0.3 is 0 Å². The van der Waals surface area contributed by atoms with Gasteiger partial charge in [-0.1, -0.05) is 33.1 Å². The molecule has 0 amide bonds. The Hall–Kier alpha value is -0.130. The summed E-state index contributed by atoms with van der Waals surface area (Å²) in [7, 11) is -4.12. The Morgan fingerprint density at radius 2 is 1.85 bits per heavy atom. The van der Waals surface area contributed by atoms with Gasteiger partial charge in [-0.15, -0.1) is 0 Å². The summed E-state index contributed by atoms with van der Waals surface area (Å²) in [5.74, 6) is 0. The molecule has 1 atom stereocenters. The molecule has 0 aromatic carbocycles. The standard InChI is InChI=1S/C8H19NO3S/c1-3-5-6-7-8(9,4-2)13(10,11)12/h3-7,9H2,1-2H3,(H,10,11,12). The minimum atomic E-state index is -4.12. The van der Waals surface area contributed by atoms with Crippen molar-refractivity contribution in [2.75, 3.05) is 0 Å². The zero-order chi connectivity index (χ0) is 10.5. The predicted molar refractivity (Wildman–Crippen MR) is 52.9 cm³/mol. The molecule has 0 fully saturated rings. The third kappa shape index (κ3) is 3.62. The SMILES string of the molecule is CCCCCC(N)(CC)S(=O)(=O)O. The lowest BCUT2D eigenvalue weighted by Gasteiger charge is -2.24. The van der Waals surface area contributed by atoms with Crippen molar-refractivity contribution in [3.05, 3.63) is 0 Å². The summed E-state index contributed by atoms with van der Waals surface area (Å²) in [6.45, 7) is 3.69. The zero-order valence-corrected chi connectivity index (χ0v) is 9.10. The normalized spacial score (nSPS) is 16.9. The van der Waals surface area contributed by atoms with Gasteiger partial charge in [-0.2, -0.15) is 8.42 Å². The maximum absolute atomic E-state index is 10.9. The van der Waals surface area contributed by atoms with Gasteiger partial charge in [-0.05, 0) is 12.8 Å². The molecule has 0 spiro atoms. The lowest BCUT2D eigenvalue weighted by molar-refractivity contribution is 0.394. The average Bonchev–Trinajstić information content (AvgIpc) is 2.02. The summed E-state index contributed by atoms with van der Waals surface area (Å²) < 4.78 is 30.7. The van der Waals surface area contributed by atoms with Gasteiger partial charge in [0.05, 0.1) is 0 Å². The summed E-state index contributed by atoms with van der Waals surface area (Å²) in [6.07, 6.45) is 3.26. The molecule has 13 heavy (non-hydrogen) atoms. The van der Waals surface area contributed by atoms with E-state index in [1.807, 2.05) is 6.92 Å². The van der Waals surface area contributed by atoms with Crippen LogP contribution in [0.4, 0.5) is 0 Å². The van der Waals surface area contributed by atoms with Crippen LogP contribution in [0.15, 0.2) is 0 Å². The molecule has 0 rings (SSSR count). The lowest BCUT2D eigenvalue weighted by Crippen LogP contribution is -2.46. The Morgan fingerprint density at radius 1 is 1.31 bits per heavy atom. The van der Waals surface area contributed by atoms with E-state index in [1.165, 1.54) is 0 Å². The van der Waals surface area contributed by atoms with Gasteiger partial charge in [0, 0.05) is 0 Å². The quantitative estimate of drug-likeness (QED) is 0.513. The Labute approximate surface area is 80.3 Å². The maximum Gasteiger partial charge on any atom is 0.283 e. The van der Waals surface area contributed by atoms with Gasteiger partial charge in [0.15, 0.2) is 0 Å². The fourth-order valence-electron chi connectivity index (χ4n) is 1.16. The van der Waals surface area contributed by atoms with E-state index >= 15 is 0 Å². The van der Waals surface area contributed by atoms with Crippen LogP contribution in [0.25, 0.3) is 0 Å². The van der Waals surface area contributed by atoms with Crippen molar-refractivity contribution < 1.29 is 13.0 Å². The van der Waals surface area contributed by atoms with E-state index in [2.05, 4.69) is 0 Å². The molecule has 0 bridgehead atoms. The first kappa shape index (κ1) is 12.9. The van der Waals surface area contributed by atoms with E-state index < -0.39 is 15.0 Å². The summed E-state index contributed by atoms with van der Waals surface area (Å²) in [4.78, 5) is -1.44. The molecule has 3 N–H and O–H groups in total. The van der Waals surface area contributed by atoms with Crippen molar-refractivity contribution >= 4 is 10.1 Å². The highest BCUT2D eigenvalue weighted by molar-refractivity contribution is 7.87. The molecular formula is C8H19NO3S. The third-order valence-electron chi connectivity index (χ3n) is 2.32. The number of rotatable bonds is 6. The molecule has 0 saturated heterocycles. The van der Waals surface area contributed by atoms with Gasteiger partial charge < -0.3 is 5.73 Å². The van der Waals surface area contributed by atoms with Crippen LogP contribution in [0.5, 0.6) is 0 Å². The molecule has 0 aliphatic rings. The van der Waals surface area contributed by atoms with E-state index in [4.69, 9.17) is 10.3 Å². The van der Waals surface area contributed by atoms with Gasteiger partial charge in [-0.3, -0.25) is 4.55 Å². The monoisotopic (exact) mass is 209 g/mol. The van der Waals surface area contributed by atoms with E-state index in [-0.39, 0.29) is 6.42 Å². The van der Waals surface area contributed by atoms with Crippen LogP contribution in [-0.4, -0.2) is 17.8 Å². The number of hydrogen-bond donors (Lipinski definition) is 2. The fraction of sp³-hybridized carbons (Fsp3) is 1.00. The van der Waals surface area contributed by atoms with Gasteiger partial charge in [-0.25, -0.2) is 0 Å². The molecule has 80 valence electrons. The smallest absolute Gasteiger partial charge is 0.283 e. The second kappa shape index (κ2) is 4.93. The Balaban J connectivity index is 4.31. The van der Waals surface area contributed by atoms with E-state index in [0.29, 0.717) is 6.42 Å². The highest BCUT2D eigenvalue weighted by Crippen LogP contribution is 2.21. The minimum Gasteiger partial charge on any atom is -0.311 e. The average molecular weight is 209 g/mol. The van der Waals surface area contributed by atoms with Crippen molar-refractivity contribution in [2.24, 2.45) is 5.73 Å². The summed E-state index contributed by atoms with van der Waals surface area (Å²) in [5, 5.41) is 0. The van der Waals surface area contributed by atoms with Crippen molar-refractivity contribution in [3.8, 4) is 0 Å². The van der Waals surface area contributed by atoms with Crippen LogP contribution in [-0.2, 0) is 10.1 Å². The summed E-state index contributed by atoms with van der Waals surface area (Å²) in [5.41, 5.74) is 5.58. The van der Waals surface area contributed by atoms with Crippen molar-refractivity contribution in [2.45, 2.75) is 50.8 Å². The summed E-state index contributed by atoms with van der Waals surface area (Å²) >= 11 is 0. The van der Waals surface area contributed by atoms with E-state index in [9.17, 15) is 8.42 Å². The lowest BCUT2D eigenvalue weighted by atomic mass is 10.1. The molecule has 0 aliphatic carbocycles. The zero-order valence-electron chi connectivity index (χ0n) is 8.28. The highest BCUT2D eigenvalue weighted by atomic mass is 32.2. The molecular weight excluding hydrogens is 190 g/mol. The Bertz CT molecular complexity index is 238. The second-order valence-corrected chi connectivity index (χ2v) is 5.11. The second-order valence-electron chi connectivity index (χ2n) is 3.35. The molecule has 5 heteroatoms. The van der Waals surface area contributed by atoms with Gasteiger partial charge in [0.25, 0.3) is 10.1 Å². The molecule has 0 heterocycles. The molecule has 0 saturated carbocycles. The minimum absolute atomic E-state index is 0.246. The predicted octanol–water partition coefficient (Wildman–Crippen LogP) is 1.52. The molecule has 4 nitrogen and oxygen atoms in total. The van der Waals surface area contributed by atoms with Crippen molar-refractivity contribution in [1.82, 2.24) is 0 Å². The summed E-state index contributed by atoms with van der Waals surface area (Å²) in [6, 6.07) is 0. The van der Waals surface area contributed by atoms with Crippen molar-refractivity contribution in [1.29, 1.82) is 0 Å². The van der Waals surface area contributed by atoms with Crippen molar-refractivity contribution in [3.63, 3.8) is 0 Å². The van der Waals surface area contributed by atoms with Crippen LogP contribution in [0.1, 0.15) is 46.0 Å². The Kier molecular flexibility index (Phi) is 4.88.